The molecule has 0 aliphatic heterocycles. The van der Waals surface area contributed by atoms with Crippen molar-refractivity contribution in [1.29, 1.82) is 0 Å². The molecule has 2 N–H and O–H groups in total. The summed E-state index contributed by atoms with van der Waals surface area (Å²) in [5.74, 6) is -0.330. The van der Waals surface area contributed by atoms with Crippen LogP contribution in [0.15, 0.2) is 16.9 Å². The minimum Gasteiger partial charge on any atom is -0.396 e. The zero-order valence-electron chi connectivity index (χ0n) is 9.85. The Morgan fingerprint density at radius 3 is 2.94 bits per heavy atom. The fourth-order valence-electron chi connectivity index (χ4n) is 1.31. The number of nitrogens with zero attached hydrogens (tertiary/aromatic N) is 2. The minimum atomic E-state index is -0.330. The molecule has 0 saturated heterocycles. The van der Waals surface area contributed by atoms with E-state index in [1.54, 1.807) is 0 Å². The average molecular weight is 239 g/mol. The van der Waals surface area contributed by atoms with Crippen LogP contribution < -0.4 is 10.9 Å². The molecule has 0 aliphatic carbocycles. The molecular weight excluding hydrogens is 222 g/mol. The summed E-state index contributed by atoms with van der Waals surface area (Å²) in [6.45, 7) is 2.85. The van der Waals surface area contributed by atoms with Crippen molar-refractivity contribution in [2.45, 2.75) is 26.3 Å². The number of hydrogen-bond acceptors (Lipinski definition) is 4. The number of aliphatic hydroxyl groups is 1. The highest BCUT2D eigenvalue weighted by Crippen LogP contribution is 1.92. The molecule has 0 aliphatic rings. The number of hydrogen-bond donors (Lipinski definition) is 2. The smallest absolute Gasteiger partial charge is 0.271 e. The van der Waals surface area contributed by atoms with Gasteiger partial charge in [0.25, 0.3) is 11.5 Å². The van der Waals surface area contributed by atoms with Crippen LogP contribution in [0, 0.1) is 0 Å². The van der Waals surface area contributed by atoms with Gasteiger partial charge < -0.3 is 10.4 Å². The van der Waals surface area contributed by atoms with Crippen molar-refractivity contribution in [2.24, 2.45) is 0 Å². The molecule has 0 aromatic carbocycles. The largest absolute Gasteiger partial charge is 0.396 e. The van der Waals surface area contributed by atoms with Crippen molar-refractivity contribution >= 4 is 5.91 Å². The second-order valence-electron chi connectivity index (χ2n) is 3.61. The van der Waals surface area contributed by atoms with Gasteiger partial charge in [0.1, 0.15) is 5.69 Å². The van der Waals surface area contributed by atoms with Crippen molar-refractivity contribution in [3.63, 3.8) is 0 Å². The third-order valence-electron chi connectivity index (χ3n) is 2.16. The van der Waals surface area contributed by atoms with Crippen molar-refractivity contribution < 1.29 is 9.90 Å². The number of carbonyl (C=O) groups is 1. The van der Waals surface area contributed by atoms with Gasteiger partial charge in [0.05, 0.1) is 0 Å². The molecule has 1 aromatic heterocycles. The second-order valence-corrected chi connectivity index (χ2v) is 3.61. The van der Waals surface area contributed by atoms with Gasteiger partial charge in [0.15, 0.2) is 0 Å². The minimum absolute atomic E-state index is 0.0308. The first-order valence-corrected chi connectivity index (χ1v) is 5.66. The second kappa shape index (κ2) is 6.80. The molecule has 6 nitrogen and oxygen atoms in total. The molecule has 0 bridgehead atoms. The van der Waals surface area contributed by atoms with Gasteiger partial charge in [0, 0.05) is 25.8 Å². The molecule has 0 radical (unpaired) electrons. The van der Waals surface area contributed by atoms with E-state index in [2.05, 4.69) is 10.4 Å². The summed E-state index contributed by atoms with van der Waals surface area (Å²) in [4.78, 5) is 23.0. The Morgan fingerprint density at radius 2 is 2.29 bits per heavy atom. The molecular formula is C11H17N3O3. The molecule has 6 heteroatoms. The maximum atomic E-state index is 11.6. The van der Waals surface area contributed by atoms with E-state index in [0.717, 1.165) is 6.42 Å². The first kappa shape index (κ1) is 13.4. The maximum absolute atomic E-state index is 11.6. The number of nitrogens with one attached hydrogen (secondary N) is 1. The van der Waals surface area contributed by atoms with Gasteiger partial charge in [-0.1, -0.05) is 6.92 Å². The molecule has 94 valence electrons. The summed E-state index contributed by atoms with van der Waals surface area (Å²) in [6.07, 6.45) is 1.28. The first-order chi connectivity index (χ1) is 8.19. The SMILES string of the molecule is CCCn1nc(C(=O)NCCCO)ccc1=O. The molecule has 1 rings (SSSR count). The molecule has 0 atom stereocenters. The summed E-state index contributed by atoms with van der Waals surface area (Å²) in [5.41, 5.74) is 0.00903. The number of rotatable bonds is 6. The van der Waals surface area contributed by atoms with Gasteiger partial charge in [-0.2, -0.15) is 5.10 Å². The standard InChI is InChI=1S/C11H17N3O3/c1-2-7-14-10(16)5-4-9(13-14)11(17)12-6-3-8-15/h4-5,15H,2-3,6-8H2,1H3,(H,12,17). The van der Waals surface area contributed by atoms with Crippen LogP contribution >= 0.6 is 0 Å². The lowest BCUT2D eigenvalue weighted by Gasteiger charge is -2.06. The summed E-state index contributed by atoms with van der Waals surface area (Å²) in [6, 6.07) is 2.74. The van der Waals surface area contributed by atoms with Crippen LogP contribution in [0.1, 0.15) is 30.3 Å². The average Bonchev–Trinajstić information content (AvgIpc) is 2.32. The first-order valence-electron chi connectivity index (χ1n) is 5.66. The predicted molar refractivity (Wildman–Crippen MR) is 62.8 cm³/mol. The summed E-state index contributed by atoms with van der Waals surface area (Å²) >= 11 is 0. The topological polar surface area (TPSA) is 84.2 Å². The van der Waals surface area contributed by atoms with Crippen LogP contribution in [0.25, 0.3) is 0 Å². The number of amides is 1. The van der Waals surface area contributed by atoms with Crippen molar-refractivity contribution in [2.75, 3.05) is 13.2 Å². The van der Waals surface area contributed by atoms with Crippen LogP contribution in [0.5, 0.6) is 0 Å². The fraction of sp³-hybridized carbons (Fsp3) is 0.545. The summed E-state index contributed by atoms with van der Waals surface area (Å²) in [7, 11) is 0. The Balaban J connectivity index is 2.73. The number of carbonyl (C=O) groups excluding carboxylic acids is 1. The summed E-state index contributed by atoms with van der Waals surface area (Å²) < 4.78 is 1.28. The predicted octanol–water partition coefficient (Wildman–Crippen LogP) is -0.235. The van der Waals surface area contributed by atoms with Crippen LogP contribution in [0.2, 0.25) is 0 Å². The van der Waals surface area contributed by atoms with Gasteiger partial charge in [-0.05, 0) is 18.9 Å². The van der Waals surface area contributed by atoms with E-state index in [1.165, 1.54) is 16.8 Å². The van der Waals surface area contributed by atoms with Crippen LogP contribution in [-0.4, -0.2) is 33.9 Å². The van der Waals surface area contributed by atoms with Gasteiger partial charge in [0.2, 0.25) is 0 Å². The zero-order valence-corrected chi connectivity index (χ0v) is 9.85. The van der Waals surface area contributed by atoms with E-state index in [1.807, 2.05) is 6.92 Å². The van der Waals surface area contributed by atoms with E-state index in [9.17, 15) is 9.59 Å². The highest BCUT2D eigenvalue weighted by molar-refractivity contribution is 5.91. The zero-order chi connectivity index (χ0) is 12.7. The van der Waals surface area contributed by atoms with Crippen LogP contribution in [-0.2, 0) is 6.54 Å². The maximum Gasteiger partial charge on any atom is 0.271 e. The molecule has 0 spiro atoms. The molecule has 1 aromatic rings. The van der Waals surface area contributed by atoms with E-state index in [0.29, 0.717) is 19.5 Å². The Morgan fingerprint density at radius 1 is 1.53 bits per heavy atom. The van der Waals surface area contributed by atoms with Crippen molar-refractivity contribution in [3.8, 4) is 0 Å². The molecule has 0 unspecified atom stereocenters. The quantitative estimate of drug-likeness (QED) is 0.671. The van der Waals surface area contributed by atoms with Gasteiger partial charge in [-0.3, -0.25) is 9.59 Å². The molecule has 1 amide bonds. The number of aromatic nitrogens is 2. The van der Waals surface area contributed by atoms with Crippen molar-refractivity contribution in [3.05, 3.63) is 28.2 Å². The normalized spacial score (nSPS) is 10.2. The van der Waals surface area contributed by atoms with Gasteiger partial charge in [-0.25, -0.2) is 4.68 Å². The number of aliphatic hydroxyl groups excluding tert-OH is 1. The lowest BCUT2D eigenvalue weighted by molar-refractivity contribution is 0.0943. The lowest BCUT2D eigenvalue weighted by Crippen LogP contribution is -2.30. The highest BCUT2D eigenvalue weighted by Gasteiger charge is 2.08. The fourth-order valence-corrected chi connectivity index (χ4v) is 1.31. The molecule has 0 fully saturated rings. The third kappa shape index (κ3) is 3.99. The molecule has 0 saturated carbocycles. The Kier molecular flexibility index (Phi) is 5.35. The van der Waals surface area contributed by atoms with Crippen LogP contribution in [0.4, 0.5) is 0 Å². The van der Waals surface area contributed by atoms with E-state index < -0.39 is 0 Å². The Hall–Kier alpha value is -1.69. The molecule has 17 heavy (non-hydrogen) atoms. The van der Waals surface area contributed by atoms with E-state index in [-0.39, 0.29) is 23.8 Å². The third-order valence-corrected chi connectivity index (χ3v) is 2.16. The molecule has 1 heterocycles. The van der Waals surface area contributed by atoms with Crippen molar-refractivity contribution in [1.82, 2.24) is 15.1 Å². The van der Waals surface area contributed by atoms with Gasteiger partial charge in [-0.15, -0.1) is 0 Å². The Bertz CT molecular complexity index is 428. The van der Waals surface area contributed by atoms with Crippen LogP contribution in [0.3, 0.4) is 0 Å². The Labute approximate surface area is 99.3 Å². The summed E-state index contributed by atoms with van der Waals surface area (Å²) in [5, 5.41) is 15.2. The monoisotopic (exact) mass is 239 g/mol. The highest BCUT2D eigenvalue weighted by atomic mass is 16.3. The van der Waals surface area contributed by atoms with Gasteiger partial charge >= 0.3 is 0 Å². The van der Waals surface area contributed by atoms with E-state index >= 15 is 0 Å². The van der Waals surface area contributed by atoms with E-state index in [4.69, 9.17) is 5.11 Å². The lowest BCUT2D eigenvalue weighted by atomic mass is 10.3. The number of aryl methyl sites for hydroxylation is 1.